The van der Waals surface area contributed by atoms with E-state index in [9.17, 15) is 4.79 Å². The third-order valence-corrected chi connectivity index (χ3v) is 5.51. The number of hydrogen-bond acceptors (Lipinski definition) is 3. The molecule has 98 valence electrons. The number of aromatic nitrogens is 1. The second-order valence-corrected chi connectivity index (χ2v) is 6.73. The molecule has 1 aromatic rings. The fraction of sp³-hybridized carbons (Fsp3) is 0.714. The van der Waals surface area contributed by atoms with E-state index in [1.807, 2.05) is 11.3 Å². The molecule has 0 amide bonds. The Kier molecular flexibility index (Phi) is 3.37. The maximum atomic E-state index is 10.8. The van der Waals surface area contributed by atoms with Gasteiger partial charge in [-0.25, -0.2) is 4.98 Å². The summed E-state index contributed by atoms with van der Waals surface area (Å²) in [7, 11) is 0. The smallest absolute Gasteiger partial charge is 0.303 e. The van der Waals surface area contributed by atoms with E-state index < -0.39 is 5.97 Å². The highest BCUT2D eigenvalue weighted by atomic mass is 32.1. The van der Waals surface area contributed by atoms with Crippen molar-refractivity contribution < 1.29 is 9.90 Å². The van der Waals surface area contributed by atoms with E-state index in [1.165, 1.54) is 41.3 Å². The molecule has 0 aromatic carbocycles. The third kappa shape index (κ3) is 2.44. The van der Waals surface area contributed by atoms with E-state index in [-0.39, 0.29) is 0 Å². The van der Waals surface area contributed by atoms with Gasteiger partial charge in [-0.3, -0.25) is 4.79 Å². The van der Waals surface area contributed by atoms with Gasteiger partial charge >= 0.3 is 5.97 Å². The van der Waals surface area contributed by atoms with Gasteiger partial charge in [0.1, 0.15) is 0 Å². The summed E-state index contributed by atoms with van der Waals surface area (Å²) >= 11 is 1.86. The van der Waals surface area contributed by atoms with Crippen molar-refractivity contribution in [1.82, 2.24) is 4.98 Å². The number of thiazole rings is 1. The van der Waals surface area contributed by atoms with Crippen molar-refractivity contribution in [2.75, 3.05) is 0 Å². The normalized spacial score (nSPS) is 24.1. The van der Waals surface area contributed by atoms with Crippen molar-refractivity contribution in [3.8, 4) is 0 Å². The molecule has 1 unspecified atom stereocenters. The van der Waals surface area contributed by atoms with Gasteiger partial charge in [-0.15, -0.1) is 11.3 Å². The number of fused-ring (bicyclic) bond motifs is 1. The summed E-state index contributed by atoms with van der Waals surface area (Å²) in [6, 6.07) is 0. The minimum Gasteiger partial charge on any atom is -0.481 e. The molecule has 1 atom stereocenters. The molecule has 2 aliphatic rings. The van der Waals surface area contributed by atoms with Crippen molar-refractivity contribution in [2.24, 2.45) is 5.92 Å². The van der Waals surface area contributed by atoms with Gasteiger partial charge in [-0.1, -0.05) is 12.8 Å². The number of hydrogen-bond donors (Lipinski definition) is 1. The largest absolute Gasteiger partial charge is 0.481 e. The maximum Gasteiger partial charge on any atom is 0.303 e. The first-order valence-electron chi connectivity index (χ1n) is 6.92. The Balaban J connectivity index is 1.73. The van der Waals surface area contributed by atoms with Crippen LogP contribution in [0.4, 0.5) is 0 Å². The summed E-state index contributed by atoms with van der Waals surface area (Å²) in [5, 5.41) is 10.2. The molecule has 0 spiro atoms. The molecule has 1 N–H and O–H groups in total. The van der Waals surface area contributed by atoms with Crippen LogP contribution in [0, 0.1) is 5.92 Å². The van der Waals surface area contributed by atoms with E-state index in [4.69, 9.17) is 10.1 Å². The van der Waals surface area contributed by atoms with Gasteiger partial charge in [-0.05, 0) is 38.0 Å². The quantitative estimate of drug-likeness (QED) is 0.911. The molecule has 18 heavy (non-hydrogen) atoms. The Hall–Kier alpha value is -0.900. The lowest BCUT2D eigenvalue weighted by atomic mass is 9.89. The minimum atomic E-state index is -0.663. The lowest BCUT2D eigenvalue weighted by molar-refractivity contribution is -0.138. The molecule has 1 aromatic heterocycles. The van der Waals surface area contributed by atoms with Gasteiger partial charge in [0.2, 0.25) is 0 Å². The summed E-state index contributed by atoms with van der Waals surface area (Å²) in [6.45, 7) is 0. The van der Waals surface area contributed by atoms with Crippen LogP contribution >= 0.6 is 11.3 Å². The highest BCUT2D eigenvalue weighted by molar-refractivity contribution is 7.11. The molecular weight excluding hydrogens is 246 g/mol. The number of nitrogens with zero attached hydrogens (tertiary/aromatic N) is 1. The number of aryl methyl sites for hydroxylation is 1. The fourth-order valence-corrected chi connectivity index (χ4v) is 4.63. The summed E-state index contributed by atoms with van der Waals surface area (Å²) in [6.07, 6.45) is 8.51. The molecular formula is C14H19NO2S. The van der Waals surface area contributed by atoms with Gasteiger partial charge in [0, 0.05) is 17.2 Å². The lowest BCUT2D eigenvalue weighted by Crippen LogP contribution is -2.16. The van der Waals surface area contributed by atoms with E-state index in [0.717, 1.165) is 19.3 Å². The molecule has 1 saturated carbocycles. The van der Waals surface area contributed by atoms with Crippen molar-refractivity contribution in [3.63, 3.8) is 0 Å². The van der Waals surface area contributed by atoms with Crippen LogP contribution in [0.5, 0.6) is 0 Å². The first-order valence-corrected chi connectivity index (χ1v) is 7.74. The first kappa shape index (κ1) is 12.2. The Labute approximate surface area is 111 Å². The highest BCUT2D eigenvalue weighted by Gasteiger charge is 2.27. The van der Waals surface area contributed by atoms with Crippen molar-refractivity contribution >= 4 is 17.3 Å². The van der Waals surface area contributed by atoms with E-state index in [1.54, 1.807) is 0 Å². The van der Waals surface area contributed by atoms with Crippen molar-refractivity contribution in [3.05, 3.63) is 15.6 Å². The molecule has 1 heterocycles. The van der Waals surface area contributed by atoms with Gasteiger partial charge in [0.15, 0.2) is 0 Å². The van der Waals surface area contributed by atoms with Gasteiger partial charge in [-0.2, -0.15) is 0 Å². The van der Waals surface area contributed by atoms with Crippen LogP contribution in [0.1, 0.15) is 60.0 Å². The summed E-state index contributed by atoms with van der Waals surface area (Å²) in [5.41, 5.74) is 1.27. The van der Waals surface area contributed by atoms with Crippen LogP contribution < -0.4 is 0 Å². The summed E-state index contributed by atoms with van der Waals surface area (Å²) in [4.78, 5) is 17.0. The van der Waals surface area contributed by atoms with Crippen LogP contribution in [0.3, 0.4) is 0 Å². The van der Waals surface area contributed by atoms with Crippen LogP contribution in [-0.4, -0.2) is 16.1 Å². The standard InChI is InChI=1S/C14H19NO2S/c16-13(17)8-9-5-6-11-12(7-9)18-14(15-11)10-3-1-2-4-10/h9-10H,1-8H2,(H,16,17). The second kappa shape index (κ2) is 5.00. The average molecular weight is 265 g/mol. The first-order chi connectivity index (χ1) is 8.72. The highest BCUT2D eigenvalue weighted by Crippen LogP contribution is 2.39. The predicted molar refractivity (Wildman–Crippen MR) is 71.1 cm³/mol. The van der Waals surface area contributed by atoms with Crippen LogP contribution in [0.15, 0.2) is 0 Å². The molecule has 4 heteroatoms. The SMILES string of the molecule is O=C(O)CC1CCc2nc(C3CCCC3)sc2C1. The Morgan fingerprint density at radius 3 is 2.83 bits per heavy atom. The molecule has 1 fully saturated rings. The lowest BCUT2D eigenvalue weighted by Gasteiger charge is -2.18. The number of rotatable bonds is 3. The van der Waals surface area contributed by atoms with E-state index in [2.05, 4.69) is 0 Å². The molecule has 0 radical (unpaired) electrons. The number of carboxylic acids is 1. The average Bonchev–Trinajstić information content (AvgIpc) is 2.95. The molecule has 2 aliphatic carbocycles. The molecule has 0 aliphatic heterocycles. The monoisotopic (exact) mass is 265 g/mol. The Morgan fingerprint density at radius 2 is 2.11 bits per heavy atom. The predicted octanol–water partition coefficient (Wildman–Crippen LogP) is 3.38. The van der Waals surface area contributed by atoms with Crippen molar-refractivity contribution in [1.29, 1.82) is 0 Å². The van der Waals surface area contributed by atoms with Gasteiger partial charge < -0.3 is 5.11 Å². The Bertz CT molecular complexity index is 449. The summed E-state index contributed by atoms with van der Waals surface area (Å²) < 4.78 is 0. The van der Waals surface area contributed by atoms with Gasteiger partial charge in [0.25, 0.3) is 0 Å². The summed E-state index contributed by atoms with van der Waals surface area (Å²) in [5.74, 6) is 0.356. The van der Waals surface area contributed by atoms with E-state index >= 15 is 0 Å². The van der Waals surface area contributed by atoms with Gasteiger partial charge in [0.05, 0.1) is 10.7 Å². The van der Waals surface area contributed by atoms with Crippen LogP contribution in [0.25, 0.3) is 0 Å². The second-order valence-electron chi connectivity index (χ2n) is 5.61. The number of aliphatic carboxylic acids is 1. The zero-order chi connectivity index (χ0) is 12.5. The number of carbonyl (C=O) groups is 1. The minimum absolute atomic E-state index is 0.316. The third-order valence-electron chi connectivity index (χ3n) is 4.23. The van der Waals surface area contributed by atoms with E-state index in [0.29, 0.717) is 18.3 Å². The topological polar surface area (TPSA) is 50.2 Å². The fourth-order valence-electron chi connectivity index (χ4n) is 3.23. The van der Waals surface area contributed by atoms with Crippen LogP contribution in [0.2, 0.25) is 0 Å². The Morgan fingerprint density at radius 1 is 1.33 bits per heavy atom. The zero-order valence-electron chi connectivity index (χ0n) is 10.5. The number of carboxylic acid groups (broad SMARTS) is 1. The van der Waals surface area contributed by atoms with Crippen LogP contribution in [-0.2, 0) is 17.6 Å². The molecule has 0 bridgehead atoms. The zero-order valence-corrected chi connectivity index (χ0v) is 11.3. The maximum absolute atomic E-state index is 10.8. The molecule has 3 rings (SSSR count). The molecule has 3 nitrogen and oxygen atoms in total. The van der Waals surface area contributed by atoms with Crippen molar-refractivity contribution in [2.45, 2.75) is 57.3 Å². The molecule has 0 saturated heterocycles.